The van der Waals surface area contributed by atoms with Crippen LogP contribution in [-0.2, 0) is 4.74 Å². The van der Waals surface area contributed by atoms with Gasteiger partial charge in [0.25, 0.3) is 0 Å². The molecular weight excluding hydrogens is 370 g/mol. The van der Waals surface area contributed by atoms with Crippen molar-refractivity contribution in [1.82, 2.24) is 30.7 Å². The summed E-state index contributed by atoms with van der Waals surface area (Å²) in [5, 5.41) is 29.2. The van der Waals surface area contributed by atoms with E-state index in [-0.39, 0.29) is 12.0 Å². The average Bonchev–Trinajstić information content (AvgIpc) is 3.39. The van der Waals surface area contributed by atoms with Crippen molar-refractivity contribution in [1.29, 1.82) is 0 Å². The number of aromatic amines is 1. The summed E-state index contributed by atoms with van der Waals surface area (Å²) in [6.07, 6.45) is 7.59. The number of H-pyrrole nitrogens is 1. The zero-order valence-electron chi connectivity index (χ0n) is 16.0. The molecule has 3 aromatic rings. The SMILES string of the molecule is Oc1cc(-c2cn[nH]c2)ccc1-c1cnc(N2CC[C@H](CNC3CCO3)C2)nn1. The van der Waals surface area contributed by atoms with Gasteiger partial charge in [-0.25, -0.2) is 4.98 Å². The van der Waals surface area contributed by atoms with Gasteiger partial charge in [0.15, 0.2) is 0 Å². The van der Waals surface area contributed by atoms with Crippen molar-refractivity contribution < 1.29 is 9.84 Å². The molecule has 2 aromatic heterocycles. The van der Waals surface area contributed by atoms with Crippen LogP contribution >= 0.6 is 0 Å². The molecule has 0 bridgehead atoms. The Labute approximate surface area is 168 Å². The van der Waals surface area contributed by atoms with Gasteiger partial charge in [-0.05, 0) is 30.0 Å². The smallest absolute Gasteiger partial charge is 0.245 e. The van der Waals surface area contributed by atoms with Crippen molar-refractivity contribution in [3.05, 3.63) is 36.8 Å². The summed E-state index contributed by atoms with van der Waals surface area (Å²) in [7, 11) is 0. The molecule has 2 fully saturated rings. The van der Waals surface area contributed by atoms with Crippen LogP contribution in [-0.4, -0.2) is 63.0 Å². The van der Waals surface area contributed by atoms with E-state index in [0.717, 1.165) is 50.2 Å². The minimum atomic E-state index is 0.137. The first-order valence-corrected chi connectivity index (χ1v) is 9.88. The number of nitrogens with one attached hydrogen (secondary N) is 2. The van der Waals surface area contributed by atoms with Crippen molar-refractivity contribution in [2.45, 2.75) is 19.1 Å². The van der Waals surface area contributed by atoms with E-state index in [0.29, 0.717) is 23.1 Å². The highest BCUT2D eigenvalue weighted by atomic mass is 16.5. The zero-order chi connectivity index (χ0) is 19.6. The average molecular weight is 393 g/mol. The van der Waals surface area contributed by atoms with Gasteiger partial charge in [-0.1, -0.05) is 6.07 Å². The van der Waals surface area contributed by atoms with Crippen molar-refractivity contribution in [3.8, 4) is 28.1 Å². The molecule has 0 radical (unpaired) electrons. The molecule has 5 rings (SSSR count). The first-order valence-electron chi connectivity index (χ1n) is 9.88. The number of phenolic OH excluding ortho intramolecular Hbond substituents is 1. The van der Waals surface area contributed by atoms with E-state index >= 15 is 0 Å². The van der Waals surface area contributed by atoms with E-state index in [4.69, 9.17) is 4.74 Å². The molecule has 2 atom stereocenters. The molecule has 0 aliphatic carbocycles. The lowest BCUT2D eigenvalue weighted by molar-refractivity contribution is -0.0718. The van der Waals surface area contributed by atoms with Gasteiger partial charge in [0.2, 0.25) is 5.95 Å². The summed E-state index contributed by atoms with van der Waals surface area (Å²) in [4.78, 5) is 6.65. The van der Waals surface area contributed by atoms with Gasteiger partial charge < -0.3 is 14.7 Å². The highest BCUT2D eigenvalue weighted by molar-refractivity contribution is 5.73. The molecule has 29 heavy (non-hydrogen) atoms. The standard InChI is InChI=1S/C20H23N7O2/c28-18-7-14(15-9-23-24-10-15)1-2-16(18)17-11-22-20(26-25-17)27-5-3-13(12-27)8-21-19-4-6-29-19/h1-2,7,9-11,13,19,21,28H,3-6,8,12H2,(H,23,24)/t13-,19?/m1/s1. The maximum absolute atomic E-state index is 10.4. The number of aromatic nitrogens is 5. The van der Waals surface area contributed by atoms with Gasteiger partial charge in [-0.2, -0.15) is 5.10 Å². The number of benzene rings is 1. The summed E-state index contributed by atoms with van der Waals surface area (Å²) in [5.74, 6) is 1.32. The van der Waals surface area contributed by atoms with Crippen LogP contribution in [0.4, 0.5) is 5.95 Å². The molecule has 150 valence electrons. The second-order valence-electron chi connectivity index (χ2n) is 7.52. The Morgan fingerprint density at radius 2 is 2.14 bits per heavy atom. The third-order valence-electron chi connectivity index (χ3n) is 5.56. The van der Waals surface area contributed by atoms with Gasteiger partial charge >= 0.3 is 0 Å². The van der Waals surface area contributed by atoms with Crippen molar-refractivity contribution in [2.75, 3.05) is 31.1 Å². The first-order chi connectivity index (χ1) is 14.3. The number of hydrogen-bond acceptors (Lipinski definition) is 8. The summed E-state index contributed by atoms with van der Waals surface area (Å²) in [5.41, 5.74) is 2.94. The van der Waals surface area contributed by atoms with Gasteiger partial charge in [-0.15, -0.1) is 10.2 Å². The number of aromatic hydroxyl groups is 1. The highest BCUT2D eigenvalue weighted by Crippen LogP contribution is 2.32. The van der Waals surface area contributed by atoms with Crippen molar-refractivity contribution >= 4 is 5.95 Å². The molecule has 2 saturated heterocycles. The number of ether oxygens (including phenoxy) is 1. The van der Waals surface area contributed by atoms with Gasteiger partial charge in [0.1, 0.15) is 17.7 Å². The maximum Gasteiger partial charge on any atom is 0.245 e. The Hall–Kier alpha value is -3.04. The fourth-order valence-electron chi connectivity index (χ4n) is 3.75. The lowest BCUT2D eigenvalue weighted by Gasteiger charge is -2.28. The summed E-state index contributed by atoms with van der Waals surface area (Å²) in [6.45, 7) is 3.64. The van der Waals surface area contributed by atoms with Crippen molar-refractivity contribution in [3.63, 3.8) is 0 Å². The van der Waals surface area contributed by atoms with E-state index < -0.39 is 0 Å². The number of rotatable bonds is 6. The van der Waals surface area contributed by atoms with Gasteiger partial charge in [-0.3, -0.25) is 10.4 Å². The van der Waals surface area contributed by atoms with E-state index in [2.05, 4.69) is 35.6 Å². The fraction of sp³-hybridized carbons (Fsp3) is 0.400. The highest BCUT2D eigenvalue weighted by Gasteiger charge is 2.26. The maximum atomic E-state index is 10.4. The van der Waals surface area contributed by atoms with Crippen LogP contribution in [0.3, 0.4) is 0 Å². The monoisotopic (exact) mass is 393 g/mol. The molecule has 0 amide bonds. The summed E-state index contributed by atoms with van der Waals surface area (Å²) in [6, 6.07) is 5.43. The van der Waals surface area contributed by atoms with Crippen LogP contribution in [0.5, 0.6) is 5.75 Å². The molecule has 9 heteroatoms. The minimum Gasteiger partial charge on any atom is -0.507 e. The van der Waals surface area contributed by atoms with E-state index in [1.807, 2.05) is 12.1 Å². The molecular formula is C20H23N7O2. The molecule has 1 unspecified atom stereocenters. The van der Waals surface area contributed by atoms with Crippen LogP contribution < -0.4 is 10.2 Å². The molecule has 2 aliphatic rings. The predicted octanol–water partition coefficient (Wildman–Crippen LogP) is 1.80. The third-order valence-corrected chi connectivity index (χ3v) is 5.56. The molecule has 4 heterocycles. The largest absolute Gasteiger partial charge is 0.507 e. The zero-order valence-corrected chi connectivity index (χ0v) is 16.0. The lowest BCUT2D eigenvalue weighted by Crippen LogP contribution is -2.43. The Kier molecular flexibility index (Phi) is 4.82. The van der Waals surface area contributed by atoms with Crippen molar-refractivity contribution in [2.24, 2.45) is 5.92 Å². The van der Waals surface area contributed by atoms with Crippen LogP contribution in [0.2, 0.25) is 0 Å². The topological polar surface area (TPSA) is 112 Å². The number of phenols is 1. The Morgan fingerprint density at radius 3 is 2.83 bits per heavy atom. The van der Waals surface area contributed by atoms with Gasteiger partial charge in [0, 0.05) is 43.4 Å². The predicted molar refractivity (Wildman–Crippen MR) is 107 cm³/mol. The minimum absolute atomic E-state index is 0.137. The van der Waals surface area contributed by atoms with E-state index in [9.17, 15) is 5.11 Å². The summed E-state index contributed by atoms with van der Waals surface area (Å²) < 4.78 is 5.41. The number of hydrogen-bond donors (Lipinski definition) is 3. The molecule has 2 aliphatic heterocycles. The first kappa shape index (κ1) is 18.0. The van der Waals surface area contributed by atoms with E-state index in [1.54, 1.807) is 24.7 Å². The Balaban J connectivity index is 1.24. The van der Waals surface area contributed by atoms with Crippen LogP contribution in [0.1, 0.15) is 12.8 Å². The molecule has 1 aromatic carbocycles. The van der Waals surface area contributed by atoms with Gasteiger partial charge in [0.05, 0.1) is 19.0 Å². The molecule has 9 nitrogen and oxygen atoms in total. The molecule has 0 saturated carbocycles. The number of anilines is 1. The lowest BCUT2D eigenvalue weighted by atomic mass is 10.0. The summed E-state index contributed by atoms with van der Waals surface area (Å²) >= 11 is 0. The third kappa shape index (κ3) is 3.79. The molecule has 0 spiro atoms. The Morgan fingerprint density at radius 1 is 1.21 bits per heavy atom. The Bertz CT molecular complexity index is 957. The van der Waals surface area contributed by atoms with Crippen LogP contribution in [0.15, 0.2) is 36.8 Å². The normalized spacial score (nSPS) is 21.3. The quantitative estimate of drug-likeness (QED) is 0.581. The fourth-order valence-corrected chi connectivity index (χ4v) is 3.75. The number of nitrogens with zero attached hydrogens (tertiary/aromatic N) is 5. The van der Waals surface area contributed by atoms with Crippen LogP contribution in [0.25, 0.3) is 22.4 Å². The second kappa shape index (κ2) is 7.76. The van der Waals surface area contributed by atoms with Crippen LogP contribution in [0, 0.1) is 5.92 Å². The second-order valence-corrected chi connectivity index (χ2v) is 7.52. The van der Waals surface area contributed by atoms with E-state index in [1.165, 1.54) is 0 Å². The molecule has 3 N–H and O–H groups in total.